The lowest BCUT2D eigenvalue weighted by molar-refractivity contribution is -0.120. The Kier molecular flexibility index (Phi) is 4.71. The zero-order valence-corrected chi connectivity index (χ0v) is 11.2. The fraction of sp³-hybridized carbons (Fsp3) is 0.312. The van der Waals surface area contributed by atoms with Crippen LogP contribution in [0.3, 0.4) is 0 Å². The number of carbonyl (C=O) groups is 1. The van der Waals surface area contributed by atoms with E-state index in [2.05, 4.69) is 5.32 Å². The highest BCUT2D eigenvalue weighted by atomic mass is 16.5. The van der Waals surface area contributed by atoms with Crippen LogP contribution in [0, 0.1) is 0 Å². The summed E-state index contributed by atoms with van der Waals surface area (Å²) in [5, 5.41) is 21.5. The van der Waals surface area contributed by atoms with Gasteiger partial charge in [0.1, 0.15) is 0 Å². The molecule has 3 N–H and O–H groups in total. The molecule has 0 saturated heterocycles. The Balaban J connectivity index is 1.70. The molecule has 0 atom stereocenters. The van der Waals surface area contributed by atoms with Crippen LogP contribution in [0.1, 0.15) is 18.4 Å². The van der Waals surface area contributed by atoms with Crippen molar-refractivity contribution in [3.63, 3.8) is 0 Å². The topological polar surface area (TPSA) is 69.6 Å². The lowest BCUT2D eigenvalue weighted by Gasteiger charge is -2.20. The maximum absolute atomic E-state index is 11.7. The largest absolute Gasteiger partial charge is 0.362 e. The number of benzene rings is 1. The van der Waals surface area contributed by atoms with Gasteiger partial charge in [-0.1, -0.05) is 48.1 Å². The molecule has 106 valence electrons. The molecule has 0 fully saturated rings. The van der Waals surface area contributed by atoms with Gasteiger partial charge in [0, 0.05) is 13.0 Å². The summed E-state index contributed by atoms with van der Waals surface area (Å²) in [5.41, 5.74) is 2.00. The Morgan fingerprint density at radius 3 is 2.65 bits per heavy atom. The van der Waals surface area contributed by atoms with E-state index in [1.165, 1.54) is 6.08 Å². The fourth-order valence-corrected chi connectivity index (χ4v) is 2.03. The SMILES string of the molecule is O=C(Cc1ccccc1)NCCC1=CCC(O)(O)C=C1. The summed E-state index contributed by atoms with van der Waals surface area (Å²) in [4.78, 5) is 11.7. The summed E-state index contributed by atoms with van der Waals surface area (Å²) in [6, 6.07) is 9.60. The quantitative estimate of drug-likeness (QED) is 0.708. The standard InChI is InChI=1S/C16H19NO3/c18-15(12-14-4-2-1-3-5-14)17-11-8-13-6-9-16(19,20)10-7-13/h1-7,9,19-20H,8,10-12H2,(H,17,18). The van der Waals surface area contributed by atoms with Crippen LogP contribution < -0.4 is 5.32 Å². The van der Waals surface area contributed by atoms with Gasteiger partial charge in [-0.3, -0.25) is 4.79 Å². The van der Waals surface area contributed by atoms with Gasteiger partial charge >= 0.3 is 0 Å². The number of rotatable bonds is 5. The summed E-state index contributed by atoms with van der Waals surface area (Å²) in [5.74, 6) is -1.73. The van der Waals surface area contributed by atoms with Gasteiger partial charge in [0.25, 0.3) is 0 Å². The van der Waals surface area contributed by atoms with Crippen LogP contribution in [0.4, 0.5) is 0 Å². The predicted octanol–water partition coefficient (Wildman–Crippen LogP) is 1.30. The van der Waals surface area contributed by atoms with E-state index in [1.807, 2.05) is 30.3 Å². The van der Waals surface area contributed by atoms with Crippen LogP contribution in [0.2, 0.25) is 0 Å². The maximum Gasteiger partial charge on any atom is 0.224 e. The Bertz CT molecular complexity index is 518. The zero-order valence-electron chi connectivity index (χ0n) is 11.2. The molecular formula is C16H19NO3. The smallest absolute Gasteiger partial charge is 0.224 e. The predicted molar refractivity (Wildman–Crippen MR) is 76.8 cm³/mol. The summed E-state index contributed by atoms with van der Waals surface area (Å²) in [7, 11) is 0. The monoisotopic (exact) mass is 273 g/mol. The number of carbonyl (C=O) groups excluding carboxylic acids is 1. The Morgan fingerprint density at radius 1 is 1.25 bits per heavy atom. The lowest BCUT2D eigenvalue weighted by atomic mass is 10.00. The molecule has 1 aromatic carbocycles. The van der Waals surface area contributed by atoms with Crippen molar-refractivity contribution in [3.8, 4) is 0 Å². The van der Waals surface area contributed by atoms with E-state index < -0.39 is 5.79 Å². The fourth-order valence-electron chi connectivity index (χ4n) is 2.03. The van der Waals surface area contributed by atoms with Crippen LogP contribution in [0.25, 0.3) is 0 Å². The molecular weight excluding hydrogens is 254 g/mol. The third-order valence-corrected chi connectivity index (χ3v) is 3.17. The molecule has 0 radical (unpaired) electrons. The molecule has 2 rings (SSSR count). The molecule has 1 aliphatic rings. The number of hydrogen-bond donors (Lipinski definition) is 3. The summed E-state index contributed by atoms with van der Waals surface area (Å²) in [6.45, 7) is 0.547. The minimum Gasteiger partial charge on any atom is -0.362 e. The highest BCUT2D eigenvalue weighted by Gasteiger charge is 2.20. The van der Waals surface area contributed by atoms with E-state index in [4.69, 9.17) is 0 Å². The summed E-state index contributed by atoms with van der Waals surface area (Å²) < 4.78 is 0. The molecule has 0 aliphatic heterocycles. The summed E-state index contributed by atoms with van der Waals surface area (Å²) in [6.07, 6.45) is 6.10. The minimum absolute atomic E-state index is 0.00440. The molecule has 4 nitrogen and oxygen atoms in total. The second kappa shape index (κ2) is 6.50. The molecule has 0 saturated carbocycles. The van der Waals surface area contributed by atoms with Crippen molar-refractivity contribution in [2.45, 2.75) is 25.0 Å². The van der Waals surface area contributed by atoms with Crippen LogP contribution in [0.5, 0.6) is 0 Å². The van der Waals surface area contributed by atoms with E-state index in [-0.39, 0.29) is 12.3 Å². The third kappa shape index (κ3) is 4.64. The second-order valence-electron chi connectivity index (χ2n) is 4.96. The van der Waals surface area contributed by atoms with Crippen molar-refractivity contribution < 1.29 is 15.0 Å². The van der Waals surface area contributed by atoms with E-state index in [9.17, 15) is 15.0 Å². The number of amides is 1. The molecule has 1 aromatic rings. The van der Waals surface area contributed by atoms with Crippen LogP contribution in [-0.2, 0) is 11.2 Å². The van der Waals surface area contributed by atoms with Crippen LogP contribution >= 0.6 is 0 Å². The number of hydrogen-bond acceptors (Lipinski definition) is 3. The molecule has 0 aromatic heterocycles. The first-order chi connectivity index (χ1) is 9.55. The molecule has 20 heavy (non-hydrogen) atoms. The van der Waals surface area contributed by atoms with E-state index in [1.54, 1.807) is 12.2 Å². The van der Waals surface area contributed by atoms with Crippen molar-refractivity contribution in [1.82, 2.24) is 5.32 Å². The average Bonchev–Trinajstić information content (AvgIpc) is 2.42. The highest BCUT2D eigenvalue weighted by molar-refractivity contribution is 5.78. The highest BCUT2D eigenvalue weighted by Crippen LogP contribution is 2.19. The average molecular weight is 273 g/mol. The van der Waals surface area contributed by atoms with E-state index in [0.29, 0.717) is 19.4 Å². The van der Waals surface area contributed by atoms with Gasteiger partial charge in [-0.2, -0.15) is 0 Å². The van der Waals surface area contributed by atoms with E-state index in [0.717, 1.165) is 11.1 Å². The van der Waals surface area contributed by atoms with Crippen LogP contribution in [0.15, 0.2) is 54.1 Å². The Hall–Kier alpha value is -1.91. The molecule has 4 heteroatoms. The minimum atomic E-state index is -1.72. The molecule has 0 heterocycles. The second-order valence-corrected chi connectivity index (χ2v) is 4.96. The van der Waals surface area contributed by atoms with Gasteiger partial charge in [-0.25, -0.2) is 0 Å². The maximum atomic E-state index is 11.7. The Morgan fingerprint density at radius 2 is 2.00 bits per heavy atom. The van der Waals surface area contributed by atoms with Gasteiger partial charge in [0.15, 0.2) is 5.79 Å². The number of aliphatic hydroxyl groups is 2. The van der Waals surface area contributed by atoms with Gasteiger partial charge in [0.05, 0.1) is 6.42 Å². The molecule has 0 spiro atoms. The van der Waals surface area contributed by atoms with Crippen molar-refractivity contribution in [2.75, 3.05) is 6.54 Å². The van der Waals surface area contributed by atoms with Gasteiger partial charge in [0.2, 0.25) is 5.91 Å². The van der Waals surface area contributed by atoms with Gasteiger partial charge < -0.3 is 15.5 Å². The third-order valence-electron chi connectivity index (χ3n) is 3.17. The van der Waals surface area contributed by atoms with Gasteiger partial charge in [-0.15, -0.1) is 0 Å². The summed E-state index contributed by atoms with van der Waals surface area (Å²) >= 11 is 0. The normalized spacial score (nSPS) is 16.6. The first-order valence-corrected chi connectivity index (χ1v) is 6.69. The molecule has 0 bridgehead atoms. The van der Waals surface area contributed by atoms with Crippen LogP contribution in [-0.4, -0.2) is 28.5 Å². The zero-order chi connectivity index (χ0) is 14.4. The molecule has 1 aliphatic carbocycles. The van der Waals surface area contributed by atoms with Crippen molar-refractivity contribution in [1.29, 1.82) is 0 Å². The molecule has 0 unspecified atom stereocenters. The van der Waals surface area contributed by atoms with Crippen molar-refractivity contribution in [3.05, 3.63) is 59.7 Å². The van der Waals surface area contributed by atoms with E-state index >= 15 is 0 Å². The van der Waals surface area contributed by atoms with Gasteiger partial charge in [-0.05, 0) is 18.1 Å². The number of allylic oxidation sites excluding steroid dienone is 1. The lowest BCUT2D eigenvalue weighted by Crippen LogP contribution is -2.28. The van der Waals surface area contributed by atoms with Crippen molar-refractivity contribution in [2.24, 2.45) is 0 Å². The first kappa shape index (κ1) is 14.5. The van der Waals surface area contributed by atoms with Crippen molar-refractivity contribution >= 4 is 5.91 Å². The first-order valence-electron chi connectivity index (χ1n) is 6.69. The number of nitrogens with one attached hydrogen (secondary N) is 1. The Labute approximate surface area is 118 Å². The molecule has 1 amide bonds.